The average Bonchev–Trinajstić information content (AvgIpc) is 2.98. The standard InChI is InChI=1S/C14H20N4O/c1-11(2)18-13(7-9-16-18)14(19)15-8-6-12-5-4-10-17(12)3/h4-5,7,9-11H,6,8H2,1-3H3,(H,15,19). The van der Waals surface area contributed by atoms with Crippen molar-refractivity contribution in [3.63, 3.8) is 0 Å². The summed E-state index contributed by atoms with van der Waals surface area (Å²) in [6.45, 7) is 4.64. The molecule has 1 amide bonds. The van der Waals surface area contributed by atoms with E-state index in [1.54, 1.807) is 16.9 Å². The molecule has 0 aliphatic heterocycles. The molecule has 0 spiro atoms. The van der Waals surface area contributed by atoms with Gasteiger partial charge in [0.05, 0.1) is 0 Å². The van der Waals surface area contributed by atoms with E-state index in [9.17, 15) is 4.79 Å². The molecular formula is C14H20N4O. The maximum atomic E-state index is 12.1. The van der Waals surface area contributed by atoms with Gasteiger partial charge in [-0.3, -0.25) is 9.48 Å². The van der Waals surface area contributed by atoms with Gasteiger partial charge in [0.1, 0.15) is 5.69 Å². The summed E-state index contributed by atoms with van der Waals surface area (Å²) >= 11 is 0. The molecule has 0 bridgehead atoms. The highest BCUT2D eigenvalue weighted by Crippen LogP contribution is 2.07. The molecule has 0 aliphatic rings. The molecule has 0 fully saturated rings. The van der Waals surface area contributed by atoms with E-state index in [4.69, 9.17) is 0 Å². The predicted molar refractivity (Wildman–Crippen MR) is 74.1 cm³/mol. The molecule has 102 valence electrons. The summed E-state index contributed by atoms with van der Waals surface area (Å²) in [7, 11) is 2.00. The van der Waals surface area contributed by atoms with Crippen LogP contribution in [-0.4, -0.2) is 26.8 Å². The minimum Gasteiger partial charge on any atom is -0.354 e. The highest BCUT2D eigenvalue weighted by molar-refractivity contribution is 5.92. The number of hydrogen-bond donors (Lipinski definition) is 1. The lowest BCUT2D eigenvalue weighted by atomic mass is 10.3. The Labute approximate surface area is 113 Å². The molecule has 0 aliphatic carbocycles. The molecule has 1 N–H and O–H groups in total. The van der Waals surface area contributed by atoms with Crippen LogP contribution < -0.4 is 5.32 Å². The van der Waals surface area contributed by atoms with Crippen LogP contribution in [0.2, 0.25) is 0 Å². The fourth-order valence-electron chi connectivity index (χ4n) is 2.06. The van der Waals surface area contributed by atoms with Gasteiger partial charge in [-0.2, -0.15) is 5.10 Å². The van der Waals surface area contributed by atoms with Gasteiger partial charge in [-0.15, -0.1) is 0 Å². The van der Waals surface area contributed by atoms with Gasteiger partial charge in [0, 0.05) is 44.1 Å². The van der Waals surface area contributed by atoms with Crippen molar-refractivity contribution >= 4 is 5.91 Å². The Morgan fingerprint density at radius 1 is 1.42 bits per heavy atom. The molecule has 5 nitrogen and oxygen atoms in total. The fourth-order valence-corrected chi connectivity index (χ4v) is 2.06. The van der Waals surface area contributed by atoms with E-state index in [-0.39, 0.29) is 11.9 Å². The fraction of sp³-hybridized carbons (Fsp3) is 0.429. The Morgan fingerprint density at radius 2 is 2.21 bits per heavy atom. The zero-order valence-corrected chi connectivity index (χ0v) is 11.6. The number of carbonyl (C=O) groups is 1. The Hall–Kier alpha value is -2.04. The Kier molecular flexibility index (Phi) is 4.04. The highest BCUT2D eigenvalue weighted by atomic mass is 16.2. The van der Waals surface area contributed by atoms with E-state index in [1.165, 1.54) is 5.69 Å². The molecule has 0 saturated carbocycles. The van der Waals surface area contributed by atoms with Gasteiger partial charge < -0.3 is 9.88 Å². The molecule has 2 rings (SSSR count). The summed E-state index contributed by atoms with van der Waals surface area (Å²) in [5.41, 5.74) is 1.82. The lowest BCUT2D eigenvalue weighted by molar-refractivity contribution is 0.0941. The number of hydrogen-bond acceptors (Lipinski definition) is 2. The van der Waals surface area contributed by atoms with Gasteiger partial charge in [0.2, 0.25) is 0 Å². The number of aromatic nitrogens is 3. The Bertz CT molecular complexity index is 553. The van der Waals surface area contributed by atoms with Gasteiger partial charge in [-0.05, 0) is 32.0 Å². The van der Waals surface area contributed by atoms with E-state index < -0.39 is 0 Å². The molecule has 2 heterocycles. The third-order valence-corrected chi connectivity index (χ3v) is 3.11. The third-order valence-electron chi connectivity index (χ3n) is 3.11. The van der Waals surface area contributed by atoms with Gasteiger partial charge in [0.15, 0.2) is 0 Å². The Morgan fingerprint density at radius 3 is 2.84 bits per heavy atom. The zero-order valence-electron chi connectivity index (χ0n) is 11.6. The summed E-state index contributed by atoms with van der Waals surface area (Å²) in [5, 5.41) is 7.09. The van der Waals surface area contributed by atoms with Gasteiger partial charge >= 0.3 is 0 Å². The molecule has 0 atom stereocenters. The molecule has 2 aromatic rings. The van der Waals surface area contributed by atoms with Gasteiger partial charge in [-0.25, -0.2) is 0 Å². The lowest BCUT2D eigenvalue weighted by Crippen LogP contribution is -2.28. The van der Waals surface area contributed by atoms with Crippen LogP contribution in [0.1, 0.15) is 36.1 Å². The smallest absolute Gasteiger partial charge is 0.269 e. The van der Waals surface area contributed by atoms with Crippen LogP contribution in [0.4, 0.5) is 0 Å². The maximum absolute atomic E-state index is 12.1. The second kappa shape index (κ2) is 5.73. The molecule has 0 aromatic carbocycles. The van der Waals surface area contributed by atoms with E-state index in [1.807, 2.05) is 33.2 Å². The quantitative estimate of drug-likeness (QED) is 0.891. The Balaban J connectivity index is 1.91. The first-order chi connectivity index (χ1) is 9.09. The van der Waals surface area contributed by atoms with Crippen LogP contribution in [-0.2, 0) is 13.5 Å². The first-order valence-corrected chi connectivity index (χ1v) is 6.51. The minimum atomic E-state index is -0.0691. The number of aryl methyl sites for hydroxylation is 1. The summed E-state index contributed by atoms with van der Waals surface area (Å²) in [6.07, 6.45) is 4.49. The number of rotatable bonds is 5. The zero-order chi connectivity index (χ0) is 13.8. The topological polar surface area (TPSA) is 51.9 Å². The number of amides is 1. The highest BCUT2D eigenvalue weighted by Gasteiger charge is 2.13. The van der Waals surface area contributed by atoms with Crippen LogP contribution in [0.25, 0.3) is 0 Å². The minimum absolute atomic E-state index is 0.0691. The first kappa shape index (κ1) is 13.4. The van der Waals surface area contributed by atoms with Crippen LogP contribution in [0.15, 0.2) is 30.6 Å². The van der Waals surface area contributed by atoms with Crippen molar-refractivity contribution in [3.05, 3.63) is 42.0 Å². The maximum Gasteiger partial charge on any atom is 0.269 e. The lowest BCUT2D eigenvalue weighted by Gasteiger charge is -2.11. The van der Waals surface area contributed by atoms with E-state index >= 15 is 0 Å². The SMILES string of the molecule is CC(C)n1nccc1C(=O)NCCc1cccn1C. The van der Waals surface area contributed by atoms with Crippen molar-refractivity contribution in [2.45, 2.75) is 26.3 Å². The monoisotopic (exact) mass is 260 g/mol. The van der Waals surface area contributed by atoms with Crippen molar-refractivity contribution < 1.29 is 4.79 Å². The van der Waals surface area contributed by atoms with Crippen molar-refractivity contribution in [1.82, 2.24) is 19.7 Å². The van der Waals surface area contributed by atoms with Crippen LogP contribution in [0, 0.1) is 0 Å². The number of nitrogens with one attached hydrogen (secondary N) is 1. The molecule has 5 heteroatoms. The first-order valence-electron chi connectivity index (χ1n) is 6.51. The molecule has 2 aromatic heterocycles. The summed E-state index contributed by atoms with van der Waals surface area (Å²) < 4.78 is 3.79. The number of nitrogens with zero attached hydrogens (tertiary/aromatic N) is 3. The summed E-state index contributed by atoms with van der Waals surface area (Å²) in [6, 6.07) is 6.00. The molecule has 0 radical (unpaired) electrons. The van der Waals surface area contributed by atoms with E-state index in [0.29, 0.717) is 12.2 Å². The predicted octanol–water partition coefficient (Wildman–Crippen LogP) is 1.78. The molecular weight excluding hydrogens is 240 g/mol. The molecule has 19 heavy (non-hydrogen) atoms. The van der Waals surface area contributed by atoms with Crippen molar-refractivity contribution in [2.24, 2.45) is 7.05 Å². The summed E-state index contributed by atoms with van der Waals surface area (Å²) in [4.78, 5) is 12.1. The normalized spacial score (nSPS) is 10.9. The van der Waals surface area contributed by atoms with Gasteiger partial charge in [0.25, 0.3) is 5.91 Å². The second-order valence-corrected chi connectivity index (χ2v) is 4.87. The van der Waals surface area contributed by atoms with Gasteiger partial charge in [-0.1, -0.05) is 0 Å². The van der Waals surface area contributed by atoms with Crippen LogP contribution in [0.5, 0.6) is 0 Å². The van der Waals surface area contributed by atoms with Crippen molar-refractivity contribution in [3.8, 4) is 0 Å². The summed E-state index contributed by atoms with van der Waals surface area (Å²) in [5.74, 6) is -0.0691. The van der Waals surface area contributed by atoms with Crippen molar-refractivity contribution in [1.29, 1.82) is 0 Å². The molecule has 0 unspecified atom stereocenters. The third kappa shape index (κ3) is 3.05. The second-order valence-electron chi connectivity index (χ2n) is 4.87. The van der Waals surface area contributed by atoms with E-state index in [2.05, 4.69) is 21.0 Å². The van der Waals surface area contributed by atoms with Crippen LogP contribution in [0.3, 0.4) is 0 Å². The average molecular weight is 260 g/mol. The van der Waals surface area contributed by atoms with Crippen molar-refractivity contribution in [2.75, 3.05) is 6.54 Å². The number of carbonyl (C=O) groups excluding carboxylic acids is 1. The van der Waals surface area contributed by atoms with Crippen LogP contribution >= 0.6 is 0 Å². The molecule has 0 saturated heterocycles. The van der Waals surface area contributed by atoms with E-state index in [0.717, 1.165) is 6.42 Å². The largest absolute Gasteiger partial charge is 0.354 e.